The van der Waals surface area contributed by atoms with Gasteiger partial charge in [-0.25, -0.2) is 13.4 Å². The number of nitrogens with zero attached hydrogens (tertiary/aromatic N) is 2. The molecule has 1 amide bonds. The van der Waals surface area contributed by atoms with Crippen LogP contribution in [0.1, 0.15) is 35.4 Å². The largest absolute Gasteiger partial charge is 0.454 e. The minimum absolute atomic E-state index is 0.236. The first-order valence-electron chi connectivity index (χ1n) is 9.44. The molecule has 1 unspecified atom stereocenters. The van der Waals surface area contributed by atoms with Gasteiger partial charge < -0.3 is 14.8 Å². The Balaban J connectivity index is 1.47. The van der Waals surface area contributed by atoms with Crippen LogP contribution in [0, 0.1) is 6.92 Å². The van der Waals surface area contributed by atoms with Gasteiger partial charge in [0.2, 0.25) is 22.7 Å². The molecule has 156 valence electrons. The number of aryl methyl sites for hydroxylation is 1. The highest BCUT2D eigenvalue weighted by molar-refractivity contribution is 7.88. The zero-order valence-corrected chi connectivity index (χ0v) is 17.9. The van der Waals surface area contributed by atoms with Gasteiger partial charge in [-0.3, -0.25) is 4.79 Å². The first-order chi connectivity index (χ1) is 13.8. The quantitative estimate of drug-likeness (QED) is 0.772. The van der Waals surface area contributed by atoms with Crippen molar-refractivity contribution < 1.29 is 22.7 Å². The smallest absolute Gasteiger partial charge is 0.244 e. The lowest BCUT2D eigenvalue weighted by atomic mass is 10.0. The average Bonchev–Trinajstić information content (AvgIpc) is 3.27. The van der Waals surface area contributed by atoms with Crippen LogP contribution >= 0.6 is 11.3 Å². The van der Waals surface area contributed by atoms with Crippen LogP contribution in [0.15, 0.2) is 18.2 Å². The highest BCUT2D eigenvalue weighted by Crippen LogP contribution is 2.34. The molecular formula is C19H23N3O5S2. The molecule has 1 N–H and O–H groups in total. The third kappa shape index (κ3) is 4.39. The van der Waals surface area contributed by atoms with Gasteiger partial charge in [-0.05, 0) is 37.5 Å². The normalized spacial score (nSPS) is 19.3. The SMILES string of the molecule is Cc1nc(NC(=O)C2CCCCN2S(C)(=O)=O)sc1Cc1ccc2c(c1)OCO2. The molecule has 2 aliphatic heterocycles. The number of fused-ring (bicyclic) bond motifs is 1. The van der Waals surface area contributed by atoms with Crippen LogP contribution in [0.25, 0.3) is 0 Å². The summed E-state index contributed by atoms with van der Waals surface area (Å²) in [4.78, 5) is 18.2. The Kier molecular flexibility index (Phi) is 5.50. The summed E-state index contributed by atoms with van der Waals surface area (Å²) in [6, 6.07) is 5.14. The number of hydrogen-bond donors (Lipinski definition) is 1. The van der Waals surface area contributed by atoms with Gasteiger partial charge in [-0.1, -0.05) is 12.5 Å². The first-order valence-corrected chi connectivity index (χ1v) is 12.1. The lowest BCUT2D eigenvalue weighted by molar-refractivity contribution is -0.120. The lowest BCUT2D eigenvalue weighted by Crippen LogP contribution is -2.49. The van der Waals surface area contributed by atoms with E-state index in [1.54, 1.807) is 0 Å². The molecule has 1 saturated heterocycles. The molecule has 1 atom stereocenters. The van der Waals surface area contributed by atoms with Crippen molar-refractivity contribution in [3.8, 4) is 11.5 Å². The van der Waals surface area contributed by atoms with Crippen molar-refractivity contribution in [1.82, 2.24) is 9.29 Å². The summed E-state index contributed by atoms with van der Waals surface area (Å²) in [5.41, 5.74) is 1.90. The molecule has 2 aliphatic rings. The Morgan fingerprint density at radius 1 is 1.31 bits per heavy atom. The Labute approximate surface area is 173 Å². The highest BCUT2D eigenvalue weighted by atomic mass is 32.2. The zero-order valence-electron chi connectivity index (χ0n) is 16.3. The number of benzene rings is 1. The molecular weight excluding hydrogens is 414 g/mol. The fourth-order valence-electron chi connectivity index (χ4n) is 3.63. The number of ether oxygens (including phenoxy) is 2. The van der Waals surface area contributed by atoms with E-state index in [2.05, 4.69) is 10.3 Å². The van der Waals surface area contributed by atoms with Crippen LogP contribution in [0.3, 0.4) is 0 Å². The van der Waals surface area contributed by atoms with Crippen LogP contribution in [0.2, 0.25) is 0 Å². The summed E-state index contributed by atoms with van der Waals surface area (Å²) >= 11 is 1.41. The molecule has 1 aromatic carbocycles. The van der Waals surface area contributed by atoms with Crippen LogP contribution in [-0.2, 0) is 21.2 Å². The molecule has 0 aliphatic carbocycles. The standard InChI is InChI=1S/C19H23N3O5S2/c1-12-17(10-13-6-7-15-16(9-13)27-11-26-15)28-19(20-12)21-18(23)14-5-3-4-8-22(14)29(2,24)25/h6-7,9,14H,3-5,8,10-11H2,1-2H3,(H,20,21,23). The number of carbonyl (C=O) groups is 1. The predicted octanol–water partition coefficient (Wildman–Crippen LogP) is 2.52. The molecule has 0 spiro atoms. The summed E-state index contributed by atoms with van der Waals surface area (Å²) in [6.07, 6.45) is 3.93. The van der Waals surface area contributed by atoms with E-state index >= 15 is 0 Å². The molecule has 2 aromatic rings. The number of aromatic nitrogens is 1. The van der Waals surface area contributed by atoms with E-state index in [1.807, 2.05) is 25.1 Å². The Hall–Kier alpha value is -2.17. The predicted molar refractivity (Wildman–Crippen MR) is 110 cm³/mol. The summed E-state index contributed by atoms with van der Waals surface area (Å²) < 4.78 is 36.1. The van der Waals surface area contributed by atoms with E-state index in [0.717, 1.165) is 46.7 Å². The number of anilines is 1. The monoisotopic (exact) mass is 437 g/mol. The zero-order chi connectivity index (χ0) is 20.6. The van der Waals surface area contributed by atoms with Crippen molar-refractivity contribution >= 4 is 32.4 Å². The van der Waals surface area contributed by atoms with E-state index in [4.69, 9.17) is 9.47 Å². The highest BCUT2D eigenvalue weighted by Gasteiger charge is 2.34. The molecule has 4 rings (SSSR count). The third-order valence-corrected chi connectivity index (χ3v) is 7.47. The summed E-state index contributed by atoms with van der Waals surface area (Å²) in [5.74, 6) is 1.15. The Morgan fingerprint density at radius 3 is 2.90 bits per heavy atom. The van der Waals surface area contributed by atoms with Crippen molar-refractivity contribution in [3.63, 3.8) is 0 Å². The number of piperidine rings is 1. The van der Waals surface area contributed by atoms with Gasteiger partial charge in [0, 0.05) is 17.8 Å². The molecule has 10 heteroatoms. The summed E-state index contributed by atoms with van der Waals surface area (Å²) in [5, 5.41) is 3.31. The second-order valence-electron chi connectivity index (χ2n) is 7.27. The minimum atomic E-state index is -3.43. The summed E-state index contributed by atoms with van der Waals surface area (Å²) in [7, 11) is -3.43. The van der Waals surface area contributed by atoms with E-state index < -0.39 is 16.1 Å². The van der Waals surface area contributed by atoms with Crippen molar-refractivity contribution in [2.45, 2.75) is 38.6 Å². The van der Waals surface area contributed by atoms with E-state index in [9.17, 15) is 13.2 Å². The molecule has 8 nitrogen and oxygen atoms in total. The molecule has 29 heavy (non-hydrogen) atoms. The van der Waals surface area contributed by atoms with E-state index in [1.165, 1.54) is 15.6 Å². The van der Waals surface area contributed by atoms with Gasteiger partial charge in [0.25, 0.3) is 0 Å². The summed E-state index contributed by atoms with van der Waals surface area (Å²) in [6.45, 7) is 2.52. The number of thiazole rings is 1. The number of hydrogen-bond acceptors (Lipinski definition) is 7. The first kappa shape index (κ1) is 20.1. The Bertz CT molecular complexity index is 1030. The maximum Gasteiger partial charge on any atom is 0.244 e. The van der Waals surface area contributed by atoms with Crippen molar-refractivity contribution in [3.05, 3.63) is 34.3 Å². The number of rotatable bonds is 5. The fraction of sp³-hybridized carbons (Fsp3) is 0.474. The van der Waals surface area contributed by atoms with Crippen molar-refractivity contribution in [2.24, 2.45) is 0 Å². The van der Waals surface area contributed by atoms with Crippen LogP contribution < -0.4 is 14.8 Å². The second-order valence-corrected chi connectivity index (χ2v) is 10.3. The van der Waals surface area contributed by atoms with Crippen molar-refractivity contribution in [2.75, 3.05) is 24.9 Å². The maximum absolute atomic E-state index is 12.8. The topological polar surface area (TPSA) is 97.8 Å². The fourth-order valence-corrected chi connectivity index (χ4v) is 5.76. The van der Waals surface area contributed by atoms with Gasteiger partial charge in [0.1, 0.15) is 6.04 Å². The number of amides is 1. The maximum atomic E-state index is 12.8. The van der Waals surface area contributed by atoms with Crippen LogP contribution in [-0.4, -0.2) is 49.2 Å². The number of carbonyl (C=O) groups excluding carboxylic acids is 1. The van der Waals surface area contributed by atoms with Crippen LogP contribution in [0.5, 0.6) is 11.5 Å². The van der Waals surface area contributed by atoms with Gasteiger partial charge in [0.15, 0.2) is 16.6 Å². The van der Waals surface area contributed by atoms with Gasteiger partial charge >= 0.3 is 0 Å². The second kappa shape index (κ2) is 7.92. The van der Waals surface area contributed by atoms with Gasteiger partial charge in [-0.2, -0.15) is 4.31 Å². The molecule has 0 saturated carbocycles. The molecule has 0 radical (unpaired) electrons. The molecule has 0 bridgehead atoms. The van der Waals surface area contributed by atoms with Crippen molar-refractivity contribution in [1.29, 1.82) is 0 Å². The Morgan fingerprint density at radius 2 is 2.10 bits per heavy atom. The number of sulfonamides is 1. The molecule has 1 fully saturated rings. The van der Waals surface area contributed by atoms with Crippen LogP contribution in [0.4, 0.5) is 5.13 Å². The molecule has 3 heterocycles. The van der Waals surface area contributed by atoms with Gasteiger partial charge in [0.05, 0.1) is 11.9 Å². The van der Waals surface area contributed by atoms with Gasteiger partial charge in [-0.15, -0.1) is 11.3 Å². The lowest BCUT2D eigenvalue weighted by Gasteiger charge is -2.32. The van der Waals surface area contributed by atoms with E-state index in [-0.39, 0.29) is 12.7 Å². The third-order valence-electron chi connectivity index (χ3n) is 5.11. The van der Waals surface area contributed by atoms with E-state index in [0.29, 0.717) is 24.5 Å². The number of nitrogens with one attached hydrogen (secondary N) is 1. The molecule has 1 aromatic heterocycles. The minimum Gasteiger partial charge on any atom is -0.454 e. The average molecular weight is 438 g/mol.